The van der Waals surface area contributed by atoms with Crippen molar-refractivity contribution in [2.75, 3.05) is 6.61 Å². The van der Waals surface area contributed by atoms with Crippen molar-refractivity contribution in [2.24, 2.45) is 0 Å². The fourth-order valence-electron chi connectivity index (χ4n) is 0.225. The summed E-state index contributed by atoms with van der Waals surface area (Å²) in [5.41, 5.74) is 0. The minimum Gasteiger partial charge on any atom is -0.430 e. The van der Waals surface area contributed by atoms with E-state index in [2.05, 4.69) is 17.4 Å². The molecule has 7 heavy (non-hydrogen) atoms. The van der Waals surface area contributed by atoms with Gasteiger partial charge in [-0.2, -0.15) is 0 Å². The number of rotatable bonds is 1. The first kappa shape index (κ1) is 4.93. The summed E-state index contributed by atoms with van der Waals surface area (Å²) in [6, 6.07) is 0. The number of epoxide rings is 1. The molecule has 0 radical (unpaired) electrons. The molecule has 0 aromatic heterocycles. The molecular weight excluding hydrogens is 116 g/mol. The highest BCUT2D eigenvalue weighted by Gasteiger charge is 2.54. The first-order valence-corrected chi connectivity index (χ1v) is 2.20. The van der Waals surface area contributed by atoms with E-state index >= 15 is 0 Å². The fraction of sp³-hybridized carbons (Fsp3) is 0.667. The summed E-state index contributed by atoms with van der Waals surface area (Å²) in [4.78, 5) is 8.84. The molecule has 0 bridgehead atoms. The molecule has 0 amide bonds. The Kier molecular flexibility index (Phi) is 0.800. The second kappa shape index (κ2) is 1.14. The summed E-state index contributed by atoms with van der Waals surface area (Å²) in [5, 5.41) is 8.21. The maximum Gasteiger partial charge on any atom is 0.365 e. The van der Waals surface area contributed by atoms with Crippen molar-refractivity contribution in [3.8, 4) is 0 Å². The van der Waals surface area contributed by atoms with Crippen molar-refractivity contribution in [3.63, 3.8) is 0 Å². The van der Waals surface area contributed by atoms with E-state index in [0.29, 0.717) is 0 Å². The van der Waals surface area contributed by atoms with Crippen LogP contribution in [0, 0.1) is 0 Å². The monoisotopic (exact) mass is 120 g/mol. The molecule has 1 N–H and O–H groups in total. The molecule has 1 atom stereocenters. The van der Waals surface area contributed by atoms with E-state index < -0.39 is 10.9 Å². The lowest BCUT2D eigenvalue weighted by atomic mass is 10.5. The molecule has 0 spiro atoms. The van der Waals surface area contributed by atoms with Gasteiger partial charge in [0, 0.05) is 0 Å². The minimum atomic E-state index is -1.14. The zero-order valence-electron chi connectivity index (χ0n) is 3.42. The number of aliphatic hydroxyl groups excluding tert-OH is 1. The summed E-state index contributed by atoms with van der Waals surface area (Å²) in [5.74, 6) is -0.446. The van der Waals surface area contributed by atoms with Gasteiger partial charge in [0.15, 0.2) is 0 Å². The van der Waals surface area contributed by atoms with Crippen LogP contribution in [-0.2, 0) is 9.53 Å². The van der Waals surface area contributed by atoms with E-state index in [0.717, 1.165) is 0 Å². The van der Waals surface area contributed by atoms with Crippen molar-refractivity contribution >= 4 is 18.6 Å². The summed E-state index contributed by atoms with van der Waals surface area (Å²) in [7, 11) is 0. The standard InChI is InChI=1S/C3H4O3S/c4-1-3(7)2(5)6-3/h4,7H,1H2/t3-/m0/s1. The predicted octanol–water partition coefficient (Wildman–Crippen LogP) is -0.838. The molecule has 3 nitrogen and oxygen atoms in total. The van der Waals surface area contributed by atoms with Crippen LogP contribution in [0.25, 0.3) is 0 Å². The van der Waals surface area contributed by atoms with Gasteiger partial charge < -0.3 is 9.84 Å². The first-order chi connectivity index (χ1) is 3.19. The number of aliphatic hydroxyl groups is 1. The first-order valence-electron chi connectivity index (χ1n) is 1.76. The lowest BCUT2D eigenvalue weighted by molar-refractivity contribution is -0.117. The van der Waals surface area contributed by atoms with Crippen LogP contribution in [0.15, 0.2) is 0 Å². The van der Waals surface area contributed by atoms with Crippen LogP contribution >= 0.6 is 12.6 Å². The molecule has 40 valence electrons. The molecule has 1 fully saturated rings. The Hall–Kier alpha value is -0.220. The maximum absolute atomic E-state index is 9.98. The van der Waals surface area contributed by atoms with Crippen LogP contribution in [0.2, 0.25) is 0 Å². The van der Waals surface area contributed by atoms with Crippen molar-refractivity contribution in [2.45, 2.75) is 4.93 Å². The average Bonchev–Trinajstić information content (AvgIpc) is 2.18. The number of carbonyl (C=O) groups excluding carboxylic acids is 1. The Morgan fingerprint density at radius 3 is 2.43 bits per heavy atom. The van der Waals surface area contributed by atoms with Crippen LogP contribution in [0.4, 0.5) is 0 Å². The van der Waals surface area contributed by atoms with Gasteiger partial charge in [0.05, 0.1) is 0 Å². The lowest BCUT2D eigenvalue weighted by Gasteiger charge is -1.86. The minimum absolute atomic E-state index is 0.338. The molecule has 1 aliphatic heterocycles. The number of hydrogen-bond acceptors (Lipinski definition) is 4. The van der Waals surface area contributed by atoms with Crippen molar-refractivity contribution in [1.82, 2.24) is 0 Å². The third-order valence-electron chi connectivity index (χ3n) is 0.753. The van der Waals surface area contributed by atoms with Crippen molar-refractivity contribution in [3.05, 3.63) is 0 Å². The van der Waals surface area contributed by atoms with Gasteiger partial charge in [-0.1, -0.05) is 0 Å². The Labute approximate surface area is 45.7 Å². The van der Waals surface area contributed by atoms with E-state index in [4.69, 9.17) is 5.11 Å². The topological polar surface area (TPSA) is 49.8 Å². The highest BCUT2D eigenvalue weighted by Crippen LogP contribution is 2.31. The van der Waals surface area contributed by atoms with Gasteiger partial charge in [-0.25, -0.2) is 4.79 Å². The molecular formula is C3H4O3S. The van der Waals surface area contributed by atoms with E-state index in [1.165, 1.54) is 0 Å². The number of thiol groups is 1. The molecule has 0 aliphatic carbocycles. The number of ether oxygens (including phenoxy) is 1. The third-order valence-corrected chi connectivity index (χ3v) is 1.17. The molecule has 4 heteroatoms. The number of cyclic esters (lactones) is 1. The Morgan fingerprint density at radius 1 is 2.00 bits per heavy atom. The number of carbonyl (C=O) groups is 1. The Bertz CT molecular complexity index is 113. The van der Waals surface area contributed by atoms with Gasteiger partial charge in [0.25, 0.3) is 4.93 Å². The summed E-state index contributed by atoms with van der Waals surface area (Å²) in [6.07, 6.45) is 0. The molecule has 0 saturated carbocycles. The van der Waals surface area contributed by atoms with Gasteiger partial charge in [-0.05, 0) is 0 Å². The van der Waals surface area contributed by atoms with Crippen LogP contribution < -0.4 is 0 Å². The lowest BCUT2D eigenvalue weighted by Crippen LogP contribution is -2.07. The van der Waals surface area contributed by atoms with Gasteiger partial charge >= 0.3 is 5.97 Å². The smallest absolute Gasteiger partial charge is 0.365 e. The average molecular weight is 120 g/mol. The van der Waals surface area contributed by atoms with E-state index in [-0.39, 0.29) is 6.61 Å². The molecule has 1 rings (SSSR count). The highest BCUT2D eigenvalue weighted by atomic mass is 32.1. The normalized spacial score (nSPS) is 37.7. The highest BCUT2D eigenvalue weighted by molar-refractivity contribution is 7.83. The van der Waals surface area contributed by atoms with Crippen LogP contribution in [-0.4, -0.2) is 22.6 Å². The predicted molar refractivity (Wildman–Crippen MR) is 24.9 cm³/mol. The summed E-state index contributed by atoms with van der Waals surface area (Å²) >= 11 is 3.64. The second-order valence-electron chi connectivity index (χ2n) is 1.33. The van der Waals surface area contributed by atoms with Gasteiger partial charge in [0.1, 0.15) is 6.61 Å². The second-order valence-corrected chi connectivity index (χ2v) is 2.05. The molecule has 1 aliphatic rings. The summed E-state index contributed by atoms with van der Waals surface area (Å²) in [6.45, 7) is -0.338. The molecule has 0 aromatic carbocycles. The molecule has 1 saturated heterocycles. The van der Waals surface area contributed by atoms with E-state index in [1.807, 2.05) is 0 Å². The van der Waals surface area contributed by atoms with E-state index in [9.17, 15) is 4.79 Å². The zero-order valence-corrected chi connectivity index (χ0v) is 4.31. The van der Waals surface area contributed by atoms with E-state index in [1.54, 1.807) is 0 Å². The van der Waals surface area contributed by atoms with Crippen LogP contribution in [0.3, 0.4) is 0 Å². The molecule has 1 heterocycles. The number of hydrogen-bond donors (Lipinski definition) is 2. The molecule has 0 aromatic rings. The van der Waals surface area contributed by atoms with Crippen LogP contribution in [0.5, 0.6) is 0 Å². The largest absolute Gasteiger partial charge is 0.430 e. The van der Waals surface area contributed by atoms with Crippen molar-refractivity contribution in [1.29, 1.82) is 0 Å². The van der Waals surface area contributed by atoms with Crippen molar-refractivity contribution < 1.29 is 14.6 Å². The SMILES string of the molecule is O=C1O[C@]1(S)CO. The maximum atomic E-state index is 9.98. The van der Waals surface area contributed by atoms with Crippen LogP contribution in [0.1, 0.15) is 0 Å². The summed E-state index contributed by atoms with van der Waals surface area (Å²) < 4.78 is 4.23. The van der Waals surface area contributed by atoms with Gasteiger partial charge in [0.2, 0.25) is 0 Å². The van der Waals surface area contributed by atoms with Gasteiger partial charge in [-0.15, -0.1) is 12.6 Å². The third kappa shape index (κ3) is 0.595. The zero-order chi connectivity index (χ0) is 5.49. The fourth-order valence-corrected chi connectivity index (χ4v) is 0.308. The van der Waals surface area contributed by atoms with Gasteiger partial charge in [-0.3, -0.25) is 0 Å². The Balaban J connectivity index is 2.52. The quantitative estimate of drug-likeness (QED) is 0.350. The molecule has 0 unspecified atom stereocenters. The Morgan fingerprint density at radius 2 is 2.43 bits per heavy atom.